The van der Waals surface area contributed by atoms with Crippen LogP contribution in [0.15, 0.2) is 30.3 Å². The van der Waals surface area contributed by atoms with Crippen LogP contribution in [0.5, 0.6) is 0 Å². The van der Waals surface area contributed by atoms with Crippen molar-refractivity contribution < 1.29 is 19.1 Å². The van der Waals surface area contributed by atoms with E-state index in [1.807, 2.05) is 37.3 Å². The van der Waals surface area contributed by atoms with Crippen LogP contribution in [-0.4, -0.2) is 37.7 Å². The van der Waals surface area contributed by atoms with Gasteiger partial charge in [-0.15, -0.1) is 0 Å². The number of carbonyl (C=O) groups is 2. The average Bonchev–Trinajstić information content (AvgIpc) is 2.53. The van der Waals surface area contributed by atoms with E-state index in [4.69, 9.17) is 9.47 Å². The number of hydrogen-bond donors (Lipinski definition) is 1. The van der Waals surface area contributed by atoms with Crippen molar-refractivity contribution in [2.24, 2.45) is 0 Å². The van der Waals surface area contributed by atoms with Gasteiger partial charge in [0.15, 0.2) is 0 Å². The zero-order chi connectivity index (χ0) is 15.9. The molecule has 0 saturated carbocycles. The van der Waals surface area contributed by atoms with E-state index in [-0.39, 0.29) is 5.91 Å². The molecule has 116 valence electrons. The minimum Gasteiger partial charge on any atom is -0.467 e. The highest BCUT2D eigenvalue weighted by Gasteiger charge is 2.34. The van der Waals surface area contributed by atoms with Gasteiger partial charge in [-0.05, 0) is 18.9 Å². The van der Waals surface area contributed by atoms with E-state index in [0.29, 0.717) is 12.8 Å². The van der Waals surface area contributed by atoms with Gasteiger partial charge in [0.2, 0.25) is 0 Å². The summed E-state index contributed by atoms with van der Waals surface area (Å²) >= 11 is 0. The van der Waals surface area contributed by atoms with Gasteiger partial charge >= 0.3 is 5.97 Å². The smallest absolute Gasteiger partial charge is 0.328 e. The minimum atomic E-state index is -0.955. The van der Waals surface area contributed by atoms with Crippen molar-refractivity contribution in [2.75, 3.05) is 14.2 Å². The van der Waals surface area contributed by atoms with Crippen molar-refractivity contribution in [3.63, 3.8) is 0 Å². The quantitative estimate of drug-likeness (QED) is 0.777. The molecule has 0 aliphatic rings. The summed E-state index contributed by atoms with van der Waals surface area (Å²) in [6, 6.07) is 8.74. The van der Waals surface area contributed by atoms with E-state index in [2.05, 4.69) is 5.32 Å². The molecule has 0 aliphatic carbocycles. The van der Waals surface area contributed by atoms with Crippen molar-refractivity contribution in [3.8, 4) is 0 Å². The molecule has 1 aromatic carbocycles. The molecule has 1 aromatic rings. The number of carbonyl (C=O) groups excluding carboxylic acids is 2. The summed E-state index contributed by atoms with van der Waals surface area (Å²) in [7, 11) is 2.79. The second-order valence-electron chi connectivity index (χ2n) is 5.03. The Balaban J connectivity index is 2.84. The van der Waals surface area contributed by atoms with Crippen LogP contribution in [0.4, 0.5) is 0 Å². The fourth-order valence-electron chi connectivity index (χ4n) is 1.89. The maximum atomic E-state index is 12.3. The van der Waals surface area contributed by atoms with Gasteiger partial charge in [-0.2, -0.15) is 0 Å². The van der Waals surface area contributed by atoms with Crippen molar-refractivity contribution >= 4 is 11.9 Å². The predicted molar refractivity (Wildman–Crippen MR) is 79.8 cm³/mol. The van der Waals surface area contributed by atoms with Crippen LogP contribution in [0.2, 0.25) is 0 Å². The lowest BCUT2D eigenvalue weighted by Crippen LogP contribution is -2.52. The van der Waals surface area contributed by atoms with E-state index in [1.54, 1.807) is 6.92 Å². The lowest BCUT2D eigenvalue weighted by Gasteiger charge is -2.27. The number of methoxy groups -OCH3 is 2. The monoisotopic (exact) mass is 293 g/mol. The molecule has 1 amide bonds. The van der Waals surface area contributed by atoms with Gasteiger partial charge < -0.3 is 14.8 Å². The van der Waals surface area contributed by atoms with E-state index < -0.39 is 17.6 Å². The summed E-state index contributed by atoms with van der Waals surface area (Å²) in [6.45, 7) is 3.55. The van der Waals surface area contributed by atoms with Crippen LogP contribution >= 0.6 is 0 Å². The molecule has 21 heavy (non-hydrogen) atoms. The molecule has 5 nitrogen and oxygen atoms in total. The van der Waals surface area contributed by atoms with Gasteiger partial charge in [0.05, 0.1) is 7.11 Å². The Hall–Kier alpha value is -1.88. The first-order chi connectivity index (χ1) is 9.96. The minimum absolute atomic E-state index is 0.321. The summed E-state index contributed by atoms with van der Waals surface area (Å²) in [5.41, 5.74) is -0.00742. The lowest BCUT2D eigenvalue weighted by atomic mass is 10.00. The Morgan fingerprint density at radius 2 is 1.86 bits per heavy atom. The first-order valence-corrected chi connectivity index (χ1v) is 6.94. The lowest BCUT2D eigenvalue weighted by molar-refractivity contribution is -0.150. The Morgan fingerprint density at radius 3 is 2.33 bits per heavy atom. The van der Waals surface area contributed by atoms with Crippen molar-refractivity contribution in [3.05, 3.63) is 35.9 Å². The number of esters is 1. The first-order valence-electron chi connectivity index (χ1n) is 6.94. The fourth-order valence-corrected chi connectivity index (χ4v) is 1.89. The molecule has 0 aliphatic heterocycles. The molecular weight excluding hydrogens is 270 g/mol. The van der Waals surface area contributed by atoms with Crippen LogP contribution in [0.3, 0.4) is 0 Å². The molecule has 0 bridgehead atoms. The number of benzene rings is 1. The van der Waals surface area contributed by atoms with Crippen LogP contribution in [0, 0.1) is 0 Å². The maximum absolute atomic E-state index is 12.3. The molecule has 0 fully saturated rings. The van der Waals surface area contributed by atoms with Gasteiger partial charge in [0, 0.05) is 13.5 Å². The van der Waals surface area contributed by atoms with E-state index in [0.717, 1.165) is 5.56 Å². The van der Waals surface area contributed by atoms with Gasteiger partial charge in [-0.3, -0.25) is 4.79 Å². The second-order valence-corrected chi connectivity index (χ2v) is 5.03. The van der Waals surface area contributed by atoms with E-state index in [9.17, 15) is 9.59 Å². The second kappa shape index (κ2) is 7.78. The molecule has 1 N–H and O–H groups in total. The third-order valence-corrected chi connectivity index (χ3v) is 3.68. The third-order valence-electron chi connectivity index (χ3n) is 3.68. The molecule has 0 saturated heterocycles. The Kier molecular flexibility index (Phi) is 6.37. The molecule has 0 unspecified atom stereocenters. The summed E-state index contributed by atoms with van der Waals surface area (Å²) in [5.74, 6) is -0.791. The highest BCUT2D eigenvalue weighted by molar-refractivity contribution is 5.89. The SMILES string of the molecule is CC[C@](C)(OC)C(=O)N[C@@H](Cc1ccccc1)C(=O)OC. The molecular formula is C16H23NO4. The van der Waals surface area contributed by atoms with Crippen LogP contribution in [-0.2, 0) is 25.5 Å². The molecule has 0 radical (unpaired) electrons. The number of hydrogen-bond acceptors (Lipinski definition) is 4. The summed E-state index contributed by atoms with van der Waals surface area (Å²) in [5, 5.41) is 2.72. The Morgan fingerprint density at radius 1 is 1.24 bits per heavy atom. The van der Waals surface area contributed by atoms with E-state index in [1.165, 1.54) is 14.2 Å². The summed E-state index contributed by atoms with van der Waals surface area (Å²) in [6.07, 6.45) is 0.886. The topological polar surface area (TPSA) is 64.6 Å². The molecule has 0 aromatic heterocycles. The Labute approximate surface area is 125 Å². The molecule has 2 atom stereocenters. The highest BCUT2D eigenvalue weighted by atomic mass is 16.5. The predicted octanol–water partition coefficient (Wildman–Crippen LogP) is 1.70. The molecule has 5 heteroatoms. The average molecular weight is 293 g/mol. The number of amides is 1. The number of nitrogens with one attached hydrogen (secondary N) is 1. The first kappa shape index (κ1) is 17.2. The number of ether oxygens (including phenoxy) is 2. The Bertz CT molecular complexity index is 468. The largest absolute Gasteiger partial charge is 0.467 e. The molecule has 1 rings (SSSR count). The van der Waals surface area contributed by atoms with Crippen molar-refractivity contribution in [2.45, 2.75) is 38.3 Å². The van der Waals surface area contributed by atoms with Gasteiger partial charge in [0.1, 0.15) is 11.6 Å². The van der Waals surface area contributed by atoms with Gasteiger partial charge in [-0.1, -0.05) is 37.3 Å². The van der Waals surface area contributed by atoms with Gasteiger partial charge in [-0.25, -0.2) is 4.79 Å². The van der Waals surface area contributed by atoms with Crippen LogP contribution in [0.25, 0.3) is 0 Å². The summed E-state index contributed by atoms with van der Waals surface area (Å²) in [4.78, 5) is 24.2. The molecule has 0 heterocycles. The summed E-state index contributed by atoms with van der Waals surface area (Å²) < 4.78 is 10.0. The third kappa shape index (κ3) is 4.56. The fraction of sp³-hybridized carbons (Fsp3) is 0.500. The van der Waals surface area contributed by atoms with Crippen LogP contribution in [0.1, 0.15) is 25.8 Å². The van der Waals surface area contributed by atoms with E-state index >= 15 is 0 Å². The zero-order valence-corrected chi connectivity index (χ0v) is 13.0. The van der Waals surface area contributed by atoms with Crippen molar-refractivity contribution in [1.82, 2.24) is 5.32 Å². The van der Waals surface area contributed by atoms with Crippen LogP contribution < -0.4 is 5.32 Å². The van der Waals surface area contributed by atoms with Gasteiger partial charge in [0.25, 0.3) is 5.91 Å². The number of rotatable bonds is 7. The standard InChI is InChI=1S/C16H23NO4/c1-5-16(2,21-4)15(19)17-13(14(18)20-3)11-12-9-7-6-8-10-12/h6-10,13H,5,11H2,1-4H3,(H,17,19)/t13-,16-/m0/s1. The van der Waals surface area contributed by atoms with Crippen molar-refractivity contribution in [1.29, 1.82) is 0 Å². The molecule has 0 spiro atoms. The highest BCUT2D eigenvalue weighted by Crippen LogP contribution is 2.15. The zero-order valence-electron chi connectivity index (χ0n) is 13.0. The maximum Gasteiger partial charge on any atom is 0.328 e. The normalized spacial score (nSPS) is 14.9.